The molecule has 1 aromatic carbocycles. The van der Waals surface area contributed by atoms with Gasteiger partial charge in [-0.25, -0.2) is 9.67 Å². The summed E-state index contributed by atoms with van der Waals surface area (Å²) in [5.74, 6) is 3.73. The Morgan fingerprint density at radius 1 is 1.37 bits per heavy atom. The molecule has 1 aliphatic rings. The molecular weight excluding hydrogens is 340 g/mol. The molecule has 146 valence electrons. The smallest absolute Gasteiger partial charge is 0.191 e. The van der Waals surface area contributed by atoms with E-state index in [9.17, 15) is 0 Å². The molecule has 0 radical (unpaired) electrons. The molecule has 0 aliphatic carbocycles. The van der Waals surface area contributed by atoms with Gasteiger partial charge in [0.25, 0.3) is 0 Å². The minimum absolute atomic E-state index is 0.316. The topological polar surface area (TPSA) is 76.4 Å². The molecule has 2 N–H and O–H groups in total. The van der Waals surface area contributed by atoms with E-state index in [0.29, 0.717) is 6.04 Å². The first-order valence-electron chi connectivity index (χ1n) is 9.67. The standard InChI is InChI=1S/C20H30N6O/c1-5-21-20(22-11-10-16-7-6-14(2)18(12-16)27-4)24-17-8-9-19-23-15(3)25-26(19)13-17/h6-7,12,17H,5,8-11,13H2,1-4H3,(H2,21,22,24). The zero-order valence-electron chi connectivity index (χ0n) is 16.7. The maximum Gasteiger partial charge on any atom is 0.191 e. The summed E-state index contributed by atoms with van der Waals surface area (Å²) in [4.78, 5) is 9.22. The molecule has 0 saturated carbocycles. The summed E-state index contributed by atoms with van der Waals surface area (Å²) in [5.41, 5.74) is 2.39. The van der Waals surface area contributed by atoms with Gasteiger partial charge in [0.05, 0.1) is 13.7 Å². The number of nitrogens with one attached hydrogen (secondary N) is 2. The van der Waals surface area contributed by atoms with E-state index in [1.54, 1.807) is 7.11 Å². The average Bonchev–Trinajstić information content (AvgIpc) is 3.02. The van der Waals surface area contributed by atoms with Crippen LogP contribution >= 0.6 is 0 Å². The Labute approximate surface area is 161 Å². The van der Waals surface area contributed by atoms with Crippen molar-refractivity contribution in [2.45, 2.75) is 52.6 Å². The normalized spacial score (nSPS) is 16.7. The van der Waals surface area contributed by atoms with Crippen molar-refractivity contribution < 1.29 is 4.74 Å². The molecule has 7 nitrogen and oxygen atoms in total. The number of benzene rings is 1. The lowest BCUT2D eigenvalue weighted by Crippen LogP contribution is -2.47. The zero-order valence-corrected chi connectivity index (χ0v) is 16.7. The SMILES string of the molecule is CCNC(=NCCc1ccc(C)c(OC)c1)NC1CCc2nc(C)nn2C1. The number of aliphatic imine (C=N–C) groups is 1. The van der Waals surface area contributed by atoms with Crippen LogP contribution in [0.2, 0.25) is 0 Å². The van der Waals surface area contributed by atoms with Crippen molar-refractivity contribution in [1.29, 1.82) is 0 Å². The van der Waals surface area contributed by atoms with Gasteiger partial charge in [-0.15, -0.1) is 0 Å². The van der Waals surface area contributed by atoms with E-state index in [-0.39, 0.29) is 0 Å². The molecule has 3 rings (SSSR count). The second-order valence-electron chi connectivity index (χ2n) is 6.95. The van der Waals surface area contributed by atoms with Gasteiger partial charge in [-0.3, -0.25) is 4.99 Å². The minimum atomic E-state index is 0.316. The van der Waals surface area contributed by atoms with Gasteiger partial charge in [0, 0.05) is 25.6 Å². The first-order chi connectivity index (χ1) is 13.1. The van der Waals surface area contributed by atoms with Crippen molar-refractivity contribution in [3.8, 4) is 5.75 Å². The van der Waals surface area contributed by atoms with Gasteiger partial charge in [0.2, 0.25) is 0 Å². The summed E-state index contributed by atoms with van der Waals surface area (Å²) in [6, 6.07) is 6.65. The highest BCUT2D eigenvalue weighted by molar-refractivity contribution is 5.80. The van der Waals surface area contributed by atoms with Crippen LogP contribution in [0.5, 0.6) is 5.75 Å². The fourth-order valence-electron chi connectivity index (χ4n) is 3.38. The number of rotatable bonds is 6. The number of ether oxygens (including phenoxy) is 1. The van der Waals surface area contributed by atoms with Gasteiger partial charge in [-0.05, 0) is 50.8 Å². The Balaban J connectivity index is 1.58. The van der Waals surface area contributed by atoms with Gasteiger partial charge in [0.15, 0.2) is 5.96 Å². The molecule has 0 bridgehead atoms. The minimum Gasteiger partial charge on any atom is -0.496 e. The molecule has 7 heteroatoms. The van der Waals surface area contributed by atoms with Crippen LogP contribution in [0.1, 0.15) is 36.1 Å². The number of fused-ring (bicyclic) bond motifs is 1. The van der Waals surface area contributed by atoms with E-state index < -0.39 is 0 Å². The van der Waals surface area contributed by atoms with E-state index in [1.165, 1.54) is 5.56 Å². The summed E-state index contributed by atoms with van der Waals surface area (Å²) >= 11 is 0. The van der Waals surface area contributed by atoms with Crippen molar-refractivity contribution in [3.63, 3.8) is 0 Å². The zero-order chi connectivity index (χ0) is 19.2. The summed E-state index contributed by atoms with van der Waals surface area (Å²) in [6.45, 7) is 8.48. The van der Waals surface area contributed by atoms with Crippen molar-refractivity contribution in [3.05, 3.63) is 41.0 Å². The molecule has 1 atom stereocenters. The number of hydrogen-bond donors (Lipinski definition) is 2. The predicted octanol–water partition coefficient (Wildman–Crippen LogP) is 2.02. The lowest BCUT2D eigenvalue weighted by atomic mass is 10.1. The molecule has 1 aliphatic heterocycles. The van der Waals surface area contributed by atoms with Crippen LogP contribution in [0.3, 0.4) is 0 Å². The van der Waals surface area contributed by atoms with Gasteiger partial charge in [-0.2, -0.15) is 5.10 Å². The fourth-order valence-corrected chi connectivity index (χ4v) is 3.38. The first-order valence-corrected chi connectivity index (χ1v) is 9.67. The third-order valence-electron chi connectivity index (χ3n) is 4.79. The molecule has 0 fully saturated rings. The second kappa shape index (κ2) is 8.88. The number of aryl methyl sites for hydroxylation is 3. The number of guanidine groups is 1. The molecule has 2 heterocycles. The number of aromatic nitrogens is 3. The average molecular weight is 371 g/mol. The molecular formula is C20H30N6O. The highest BCUT2D eigenvalue weighted by Gasteiger charge is 2.21. The Bertz CT molecular complexity index is 798. The second-order valence-corrected chi connectivity index (χ2v) is 6.95. The van der Waals surface area contributed by atoms with Gasteiger partial charge in [-0.1, -0.05) is 12.1 Å². The highest BCUT2D eigenvalue weighted by atomic mass is 16.5. The Hall–Kier alpha value is -2.57. The van der Waals surface area contributed by atoms with E-state index in [1.807, 2.05) is 11.6 Å². The van der Waals surface area contributed by atoms with Gasteiger partial charge < -0.3 is 15.4 Å². The summed E-state index contributed by atoms with van der Waals surface area (Å²) in [7, 11) is 1.71. The van der Waals surface area contributed by atoms with Crippen molar-refractivity contribution in [1.82, 2.24) is 25.4 Å². The maximum absolute atomic E-state index is 5.41. The van der Waals surface area contributed by atoms with Crippen molar-refractivity contribution >= 4 is 5.96 Å². The van der Waals surface area contributed by atoms with Crippen LogP contribution in [0.4, 0.5) is 0 Å². The monoisotopic (exact) mass is 370 g/mol. The Morgan fingerprint density at radius 2 is 2.22 bits per heavy atom. The first kappa shape index (κ1) is 19.2. The largest absolute Gasteiger partial charge is 0.496 e. The maximum atomic E-state index is 5.41. The Morgan fingerprint density at radius 3 is 3.00 bits per heavy atom. The van der Waals surface area contributed by atoms with Crippen LogP contribution in [0.15, 0.2) is 23.2 Å². The molecule has 27 heavy (non-hydrogen) atoms. The van der Waals surface area contributed by atoms with E-state index in [4.69, 9.17) is 9.73 Å². The molecule has 0 saturated heterocycles. The number of methoxy groups -OCH3 is 1. The molecule has 0 amide bonds. The van der Waals surface area contributed by atoms with E-state index in [0.717, 1.165) is 67.8 Å². The third-order valence-corrected chi connectivity index (χ3v) is 4.79. The number of nitrogens with zero attached hydrogens (tertiary/aromatic N) is 4. The van der Waals surface area contributed by atoms with Crippen molar-refractivity contribution in [2.75, 3.05) is 20.2 Å². The fraction of sp³-hybridized carbons (Fsp3) is 0.550. The van der Waals surface area contributed by atoms with Gasteiger partial charge in [0.1, 0.15) is 17.4 Å². The van der Waals surface area contributed by atoms with Crippen LogP contribution in [0.25, 0.3) is 0 Å². The number of hydrogen-bond acceptors (Lipinski definition) is 4. The molecule has 0 spiro atoms. The third kappa shape index (κ3) is 4.99. The quantitative estimate of drug-likeness (QED) is 0.601. The Kier molecular flexibility index (Phi) is 6.32. The van der Waals surface area contributed by atoms with E-state index in [2.05, 4.69) is 52.8 Å². The van der Waals surface area contributed by atoms with Crippen LogP contribution in [0, 0.1) is 13.8 Å². The lowest BCUT2D eigenvalue weighted by Gasteiger charge is -2.25. The van der Waals surface area contributed by atoms with Gasteiger partial charge >= 0.3 is 0 Å². The van der Waals surface area contributed by atoms with Crippen LogP contribution in [-0.2, 0) is 19.4 Å². The summed E-state index contributed by atoms with van der Waals surface area (Å²) in [5, 5.41) is 11.4. The van der Waals surface area contributed by atoms with Crippen LogP contribution in [-0.4, -0.2) is 47.0 Å². The van der Waals surface area contributed by atoms with Crippen LogP contribution < -0.4 is 15.4 Å². The molecule has 1 aromatic heterocycles. The summed E-state index contributed by atoms with van der Waals surface area (Å²) in [6.07, 6.45) is 2.86. The van der Waals surface area contributed by atoms with Crippen molar-refractivity contribution in [2.24, 2.45) is 4.99 Å². The van der Waals surface area contributed by atoms with E-state index >= 15 is 0 Å². The molecule has 1 unspecified atom stereocenters. The molecule has 2 aromatic rings. The lowest BCUT2D eigenvalue weighted by molar-refractivity contribution is 0.392. The summed E-state index contributed by atoms with van der Waals surface area (Å²) < 4.78 is 7.42. The highest BCUT2D eigenvalue weighted by Crippen LogP contribution is 2.19. The predicted molar refractivity (Wildman–Crippen MR) is 107 cm³/mol.